The molecule has 0 unspecified atom stereocenters. The number of hydrogen-bond acceptors (Lipinski definition) is 6. The number of hydroxylamine groups is 1. The van der Waals surface area contributed by atoms with Gasteiger partial charge in [-0.15, -0.1) is 0 Å². The van der Waals surface area contributed by atoms with Gasteiger partial charge in [0, 0.05) is 20.1 Å². The lowest BCUT2D eigenvalue weighted by atomic mass is 10.0. The van der Waals surface area contributed by atoms with E-state index in [4.69, 9.17) is 9.57 Å². The lowest BCUT2D eigenvalue weighted by Gasteiger charge is -2.23. The Balaban J connectivity index is 1.62. The van der Waals surface area contributed by atoms with Crippen LogP contribution < -0.4 is 21.4 Å². The molecule has 3 aromatic rings. The van der Waals surface area contributed by atoms with Crippen LogP contribution in [0.3, 0.4) is 0 Å². The Labute approximate surface area is 252 Å². The van der Waals surface area contributed by atoms with Gasteiger partial charge in [-0.05, 0) is 41.2 Å². The van der Waals surface area contributed by atoms with E-state index in [1.165, 1.54) is 7.11 Å². The van der Waals surface area contributed by atoms with Gasteiger partial charge in [0.25, 0.3) is 0 Å². The highest BCUT2D eigenvalue weighted by atomic mass is 16.6. The van der Waals surface area contributed by atoms with E-state index >= 15 is 0 Å². The van der Waals surface area contributed by atoms with Gasteiger partial charge in [-0.1, -0.05) is 86.1 Å². The first-order valence-corrected chi connectivity index (χ1v) is 14.7. The second-order valence-corrected chi connectivity index (χ2v) is 10.3. The Kier molecular flexibility index (Phi) is 14.1. The Bertz CT molecular complexity index is 1330. The monoisotopic (exact) mass is 590 g/mol. The van der Waals surface area contributed by atoms with E-state index in [1.807, 2.05) is 79.7 Å². The molecule has 230 valence electrons. The molecule has 10 nitrogen and oxygen atoms in total. The highest BCUT2D eigenvalue weighted by Gasteiger charge is 2.28. The van der Waals surface area contributed by atoms with Crippen molar-refractivity contribution >= 4 is 34.4 Å². The van der Waals surface area contributed by atoms with Crippen molar-refractivity contribution in [3.8, 4) is 0 Å². The van der Waals surface area contributed by atoms with Gasteiger partial charge in [-0.2, -0.15) is 0 Å². The predicted molar refractivity (Wildman–Crippen MR) is 165 cm³/mol. The van der Waals surface area contributed by atoms with E-state index in [0.29, 0.717) is 19.4 Å². The Morgan fingerprint density at radius 3 is 2.30 bits per heavy atom. The first-order valence-electron chi connectivity index (χ1n) is 14.7. The molecule has 0 fully saturated rings. The standard InChI is InChI=1S/C33H42N4O6/c1-3-4-20-43-37-31(39)21-28(35-30(38)19-10-14-24-12-6-5-7-13-24)33(41)36-29(23-42-2)32(40)34-22-26-17-11-16-25-15-8-9-18-27(25)26/h5-9,11-13,15-18,28-29H,3-4,10,14,19-23H2,1-2H3,(H,34,40)(H,35,38)(H,36,41)(H,37,39)/t28-,29-/m0/s1. The number of methoxy groups -OCH3 is 1. The van der Waals surface area contributed by atoms with E-state index < -0.39 is 29.8 Å². The summed E-state index contributed by atoms with van der Waals surface area (Å²) in [5.74, 6) is -2.07. The average molecular weight is 591 g/mol. The van der Waals surface area contributed by atoms with Crippen LogP contribution in [-0.4, -0.2) is 56.0 Å². The van der Waals surface area contributed by atoms with E-state index in [-0.39, 0.29) is 31.9 Å². The summed E-state index contributed by atoms with van der Waals surface area (Å²) in [4.78, 5) is 57.0. The van der Waals surface area contributed by atoms with E-state index in [2.05, 4.69) is 21.4 Å². The Morgan fingerprint density at radius 1 is 0.791 bits per heavy atom. The second-order valence-electron chi connectivity index (χ2n) is 10.3. The molecule has 3 aromatic carbocycles. The van der Waals surface area contributed by atoms with Crippen LogP contribution in [0.15, 0.2) is 72.8 Å². The number of unbranched alkanes of at least 4 members (excludes halogenated alkanes) is 1. The number of hydrogen-bond donors (Lipinski definition) is 4. The number of fused-ring (bicyclic) bond motifs is 1. The van der Waals surface area contributed by atoms with Gasteiger partial charge in [-0.3, -0.25) is 24.0 Å². The summed E-state index contributed by atoms with van der Waals surface area (Å²) in [5.41, 5.74) is 4.35. The largest absolute Gasteiger partial charge is 0.382 e. The molecule has 43 heavy (non-hydrogen) atoms. The topological polar surface area (TPSA) is 135 Å². The van der Waals surface area contributed by atoms with Gasteiger partial charge >= 0.3 is 0 Å². The molecular formula is C33H42N4O6. The molecular weight excluding hydrogens is 548 g/mol. The molecule has 2 atom stereocenters. The number of amides is 4. The van der Waals surface area contributed by atoms with Gasteiger partial charge in [0.15, 0.2) is 0 Å². The smallest absolute Gasteiger partial charge is 0.246 e. The SMILES string of the molecule is CCCCONC(=O)C[C@H](NC(=O)CCCc1ccccc1)C(=O)N[C@@H](COC)C(=O)NCc1cccc2ccccc12. The number of carbonyl (C=O) groups is 4. The molecule has 0 aliphatic heterocycles. The van der Waals surface area contributed by atoms with E-state index in [0.717, 1.165) is 34.7 Å². The molecule has 0 saturated carbocycles. The third-order valence-corrected chi connectivity index (χ3v) is 6.84. The number of nitrogens with one attached hydrogen (secondary N) is 4. The zero-order chi connectivity index (χ0) is 30.9. The van der Waals surface area contributed by atoms with Crippen LogP contribution in [0.2, 0.25) is 0 Å². The quantitative estimate of drug-likeness (QED) is 0.133. The number of ether oxygens (including phenoxy) is 1. The first kappa shape index (κ1) is 33.2. The summed E-state index contributed by atoms with van der Waals surface area (Å²) in [6.07, 6.45) is 2.72. The molecule has 0 spiro atoms. The van der Waals surface area contributed by atoms with Crippen molar-refractivity contribution in [1.82, 2.24) is 21.4 Å². The van der Waals surface area contributed by atoms with Gasteiger partial charge in [0.05, 0.1) is 19.6 Å². The summed E-state index contributed by atoms with van der Waals surface area (Å²) in [6.45, 7) is 2.47. The summed E-state index contributed by atoms with van der Waals surface area (Å²) < 4.78 is 5.20. The molecule has 10 heteroatoms. The molecule has 4 amide bonds. The summed E-state index contributed by atoms with van der Waals surface area (Å²) in [5, 5.41) is 10.2. The zero-order valence-corrected chi connectivity index (χ0v) is 24.9. The molecule has 0 saturated heterocycles. The summed E-state index contributed by atoms with van der Waals surface area (Å²) in [6, 6.07) is 21.2. The third-order valence-electron chi connectivity index (χ3n) is 6.84. The van der Waals surface area contributed by atoms with Gasteiger partial charge in [-0.25, -0.2) is 5.48 Å². The maximum Gasteiger partial charge on any atom is 0.246 e. The van der Waals surface area contributed by atoms with Crippen molar-refractivity contribution in [1.29, 1.82) is 0 Å². The zero-order valence-electron chi connectivity index (χ0n) is 24.9. The number of benzene rings is 3. The van der Waals surface area contributed by atoms with Crippen LogP contribution in [-0.2, 0) is 41.7 Å². The van der Waals surface area contributed by atoms with E-state index in [9.17, 15) is 19.2 Å². The van der Waals surface area contributed by atoms with Crippen molar-refractivity contribution < 1.29 is 28.8 Å². The third kappa shape index (κ3) is 11.5. The molecule has 4 N–H and O–H groups in total. The van der Waals surface area contributed by atoms with Crippen molar-refractivity contribution in [2.24, 2.45) is 0 Å². The molecule has 0 heterocycles. The van der Waals surface area contributed by atoms with Crippen LogP contribution in [0.1, 0.15) is 50.2 Å². The van der Waals surface area contributed by atoms with Crippen LogP contribution in [0.25, 0.3) is 10.8 Å². The predicted octanol–water partition coefficient (Wildman–Crippen LogP) is 3.33. The second kappa shape index (κ2) is 18.3. The fourth-order valence-electron chi connectivity index (χ4n) is 4.52. The van der Waals surface area contributed by atoms with E-state index in [1.54, 1.807) is 0 Å². The number of rotatable bonds is 18. The van der Waals surface area contributed by atoms with Crippen molar-refractivity contribution in [3.63, 3.8) is 0 Å². The summed E-state index contributed by atoms with van der Waals surface area (Å²) >= 11 is 0. The normalized spacial score (nSPS) is 12.2. The maximum atomic E-state index is 13.3. The fraction of sp³-hybridized carbons (Fsp3) is 0.394. The van der Waals surface area contributed by atoms with Crippen molar-refractivity contribution in [2.45, 2.75) is 64.1 Å². The van der Waals surface area contributed by atoms with Crippen LogP contribution in [0.4, 0.5) is 0 Å². The molecule has 0 bridgehead atoms. The van der Waals surface area contributed by atoms with Crippen LogP contribution in [0, 0.1) is 0 Å². The highest BCUT2D eigenvalue weighted by molar-refractivity contribution is 5.95. The lowest BCUT2D eigenvalue weighted by Crippen LogP contribution is -2.56. The minimum atomic E-state index is -1.22. The van der Waals surface area contributed by atoms with Crippen molar-refractivity contribution in [3.05, 3.63) is 83.9 Å². The number of carbonyl (C=O) groups excluding carboxylic acids is 4. The van der Waals surface area contributed by atoms with Crippen molar-refractivity contribution in [2.75, 3.05) is 20.3 Å². The van der Waals surface area contributed by atoms with Crippen LogP contribution in [0.5, 0.6) is 0 Å². The number of aryl methyl sites for hydroxylation is 1. The fourth-order valence-corrected chi connectivity index (χ4v) is 4.52. The minimum Gasteiger partial charge on any atom is -0.382 e. The first-order chi connectivity index (χ1) is 20.9. The Morgan fingerprint density at radius 2 is 1.53 bits per heavy atom. The molecule has 0 aliphatic rings. The van der Waals surface area contributed by atoms with Gasteiger partial charge < -0.3 is 20.7 Å². The van der Waals surface area contributed by atoms with Crippen LogP contribution >= 0.6 is 0 Å². The Hall–Kier alpha value is -4.28. The average Bonchev–Trinajstić information content (AvgIpc) is 3.02. The molecule has 0 radical (unpaired) electrons. The van der Waals surface area contributed by atoms with Gasteiger partial charge in [0.2, 0.25) is 23.6 Å². The molecule has 0 aromatic heterocycles. The van der Waals surface area contributed by atoms with Gasteiger partial charge in [0.1, 0.15) is 12.1 Å². The highest BCUT2D eigenvalue weighted by Crippen LogP contribution is 2.18. The molecule has 0 aliphatic carbocycles. The molecule has 3 rings (SSSR count). The summed E-state index contributed by atoms with van der Waals surface area (Å²) in [7, 11) is 1.42. The lowest BCUT2D eigenvalue weighted by molar-refractivity contribution is -0.138. The maximum absolute atomic E-state index is 13.3. The minimum absolute atomic E-state index is 0.100.